The molecule has 40 heavy (non-hydrogen) atoms. The topological polar surface area (TPSA) is 90.3 Å². The first kappa shape index (κ1) is 26.9. The van der Waals surface area contributed by atoms with Gasteiger partial charge in [-0.2, -0.15) is 0 Å². The van der Waals surface area contributed by atoms with Crippen LogP contribution in [0.5, 0.6) is 0 Å². The van der Waals surface area contributed by atoms with Gasteiger partial charge in [0.1, 0.15) is 10.4 Å². The van der Waals surface area contributed by atoms with Crippen LogP contribution >= 0.6 is 22.9 Å². The maximum atomic E-state index is 15.5. The number of aromatic nitrogens is 2. The van der Waals surface area contributed by atoms with Crippen molar-refractivity contribution in [3.05, 3.63) is 50.9 Å². The van der Waals surface area contributed by atoms with Gasteiger partial charge in [0, 0.05) is 38.1 Å². The molecule has 0 bridgehead atoms. The van der Waals surface area contributed by atoms with Crippen LogP contribution in [0, 0.1) is 5.82 Å². The van der Waals surface area contributed by atoms with E-state index in [4.69, 9.17) is 11.6 Å². The lowest BCUT2D eigenvalue weighted by molar-refractivity contribution is -0.135. The van der Waals surface area contributed by atoms with Gasteiger partial charge in [-0.15, -0.1) is 11.3 Å². The number of fused-ring (bicyclic) bond motifs is 5. The van der Waals surface area contributed by atoms with Crippen molar-refractivity contribution in [3.63, 3.8) is 0 Å². The zero-order valence-corrected chi connectivity index (χ0v) is 23.3. The number of nitrogens with zero attached hydrogens (tertiary/aromatic N) is 5. The van der Waals surface area contributed by atoms with Gasteiger partial charge < -0.3 is 20.0 Å². The van der Waals surface area contributed by atoms with E-state index in [9.17, 15) is 18.8 Å². The molecule has 13 heteroatoms. The summed E-state index contributed by atoms with van der Waals surface area (Å²) in [5, 5.41) is 3.29. The third kappa shape index (κ3) is 4.67. The second kappa shape index (κ2) is 10.6. The fourth-order valence-corrected chi connectivity index (χ4v) is 7.02. The average molecular weight is 589 g/mol. The number of likely N-dealkylation sites (tertiary alicyclic amines) is 1. The number of amides is 2. The van der Waals surface area contributed by atoms with Gasteiger partial charge >= 0.3 is 0 Å². The normalized spacial score (nSPS) is 18.4. The quantitative estimate of drug-likeness (QED) is 0.358. The second-order valence-corrected chi connectivity index (χ2v) is 11.6. The maximum Gasteiger partial charge on any atom is 0.258 e. The van der Waals surface area contributed by atoms with Crippen LogP contribution in [0.25, 0.3) is 26.1 Å². The molecule has 2 amide bonds. The van der Waals surface area contributed by atoms with E-state index in [0.717, 1.165) is 41.6 Å². The zero-order valence-electron chi connectivity index (χ0n) is 21.8. The van der Waals surface area contributed by atoms with Crippen molar-refractivity contribution >= 4 is 66.7 Å². The summed E-state index contributed by atoms with van der Waals surface area (Å²) < 4.78 is 32.6. The van der Waals surface area contributed by atoms with E-state index in [1.54, 1.807) is 22.6 Å². The first-order valence-electron chi connectivity index (χ1n) is 13.2. The van der Waals surface area contributed by atoms with Crippen molar-refractivity contribution in [1.29, 1.82) is 0 Å². The molecule has 9 nitrogen and oxygen atoms in total. The number of pyridine rings is 2. The summed E-state index contributed by atoms with van der Waals surface area (Å²) in [6.45, 7) is 4.29. The molecule has 2 aliphatic heterocycles. The zero-order chi connectivity index (χ0) is 28.1. The number of thiazole rings is 1. The number of nitrogens with one attached hydrogen (secondary N) is 1. The number of hydrogen-bond acceptors (Lipinski definition) is 7. The molecular formula is C27H27ClF2N6O3S. The number of anilines is 1. The highest BCUT2D eigenvalue weighted by Crippen LogP contribution is 2.34. The second-order valence-electron chi connectivity index (χ2n) is 10.1. The Morgan fingerprint density at radius 2 is 1.95 bits per heavy atom. The molecular weight excluding hydrogens is 562 g/mol. The molecule has 1 atom stereocenters. The number of carbonyl (C=O) groups is 2. The summed E-state index contributed by atoms with van der Waals surface area (Å²) >= 11 is 7.46. The molecule has 2 aliphatic rings. The predicted molar refractivity (Wildman–Crippen MR) is 152 cm³/mol. The van der Waals surface area contributed by atoms with Crippen molar-refractivity contribution in [2.45, 2.75) is 26.1 Å². The van der Waals surface area contributed by atoms with Crippen molar-refractivity contribution in [1.82, 2.24) is 24.5 Å². The Morgan fingerprint density at radius 3 is 2.67 bits per heavy atom. The minimum Gasteiger partial charge on any atom is -0.351 e. The van der Waals surface area contributed by atoms with E-state index in [1.807, 2.05) is 0 Å². The molecule has 1 aromatic carbocycles. The van der Waals surface area contributed by atoms with Crippen LogP contribution in [0.4, 0.5) is 14.6 Å². The molecule has 6 rings (SSSR count). The highest BCUT2D eigenvalue weighted by Gasteiger charge is 2.31. The summed E-state index contributed by atoms with van der Waals surface area (Å²) in [6, 6.07) is 6.25. The van der Waals surface area contributed by atoms with Crippen LogP contribution in [-0.2, 0) is 4.79 Å². The first-order valence-corrected chi connectivity index (χ1v) is 14.4. The SMILES string of the molecule is CC(=O)N1CCN(c2nc3c(cc2F)c(=O)c(C(=O)NCCN2CCCC2)c2sc4cc(Cl)ccc4n23)CC1F. The number of carbonyl (C=O) groups excluding carboxylic acids is 2. The van der Waals surface area contributed by atoms with Crippen molar-refractivity contribution < 1.29 is 18.4 Å². The predicted octanol–water partition coefficient (Wildman–Crippen LogP) is 3.64. The largest absolute Gasteiger partial charge is 0.351 e. The van der Waals surface area contributed by atoms with Gasteiger partial charge in [-0.05, 0) is 50.2 Å². The molecule has 4 aromatic rings. The van der Waals surface area contributed by atoms with Crippen molar-refractivity contribution in [2.24, 2.45) is 0 Å². The molecule has 2 fully saturated rings. The van der Waals surface area contributed by atoms with Gasteiger partial charge in [0.05, 0.1) is 22.1 Å². The lowest BCUT2D eigenvalue weighted by Crippen LogP contribution is -2.53. The number of benzene rings is 1. The molecule has 1 N–H and O–H groups in total. The Hall–Kier alpha value is -3.35. The molecule has 2 saturated heterocycles. The van der Waals surface area contributed by atoms with Gasteiger partial charge in [0.15, 0.2) is 23.6 Å². The highest BCUT2D eigenvalue weighted by molar-refractivity contribution is 7.24. The summed E-state index contributed by atoms with van der Waals surface area (Å²) in [4.78, 5) is 48.5. The summed E-state index contributed by atoms with van der Waals surface area (Å²) in [7, 11) is 0. The van der Waals surface area contributed by atoms with Gasteiger partial charge in [-0.1, -0.05) is 11.6 Å². The minimum atomic E-state index is -1.62. The summed E-state index contributed by atoms with van der Waals surface area (Å²) in [6.07, 6.45) is 0.634. The van der Waals surface area contributed by atoms with Crippen LogP contribution < -0.4 is 15.6 Å². The molecule has 1 unspecified atom stereocenters. The standard InChI is InChI=1S/C27H27ClF2N6O3S/c1-15(37)35-11-10-34(14-21(35)30)25-18(29)13-17-23(38)22(26(39)31-6-9-33-7-2-3-8-33)27-36(24(17)32-25)19-5-4-16(28)12-20(19)40-27/h4-5,12-13,21H,2-3,6-11,14H2,1H3,(H,31,39). The lowest BCUT2D eigenvalue weighted by atomic mass is 10.1. The number of rotatable bonds is 5. The van der Waals surface area contributed by atoms with E-state index in [0.29, 0.717) is 28.5 Å². The number of hydrogen-bond donors (Lipinski definition) is 1. The van der Waals surface area contributed by atoms with E-state index in [1.165, 1.54) is 23.2 Å². The Bertz CT molecular complexity index is 1720. The van der Waals surface area contributed by atoms with Gasteiger partial charge in [0.2, 0.25) is 11.3 Å². The van der Waals surface area contributed by atoms with Gasteiger partial charge in [-0.25, -0.2) is 13.8 Å². The fraction of sp³-hybridized carbons (Fsp3) is 0.407. The molecule has 0 spiro atoms. The molecule has 0 aliphatic carbocycles. The van der Waals surface area contributed by atoms with Crippen LogP contribution in [0.15, 0.2) is 29.1 Å². The van der Waals surface area contributed by atoms with Crippen LogP contribution in [0.3, 0.4) is 0 Å². The Balaban J connectivity index is 1.47. The van der Waals surface area contributed by atoms with E-state index >= 15 is 4.39 Å². The Morgan fingerprint density at radius 1 is 1.18 bits per heavy atom. The van der Waals surface area contributed by atoms with E-state index in [2.05, 4.69) is 15.2 Å². The summed E-state index contributed by atoms with van der Waals surface area (Å²) in [5.74, 6) is -1.87. The third-order valence-corrected chi connectivity index (χ3v) is 8.93. The number of halogens is 3. The Kier molecular flexibility index (Phi) is 7.09. The maximum absolute atomic E-state index is 15.5. The van der Waals surface area contributed by atoms with Crippen molar-refractivity contribution in [3.8, 4) is 0 Å². The number of alkyl halides is 1. The van der Waals surface area contributed by atoms with Gasteiger partial charge in [-0.3, -0.25) is 18.8 Å². The van der Waals surface area contributed by atoms with Crippen molar-refractivity contribution in [2.75, 3.05) is 50.7 Å². The van der Waals surface area contributed by atoms with E-state index < -0.39 is 29.4 Å². The average Bonchev–Trinajstić information content (AvgIpc) is 3.56. The molecule has 0 radical (unpaired) electrons. The van der Waals surface area contributed by atoms with Crippen LogP contribution in [-0.4, -0.2) is 83.1 Å². The fourth-order valence-electron chi connectivity index (χ4n) is 5.56. The molecule has 3 aromatic heterocycles. The highest BCUT2D eigenvalue weighted by atomic mass is 35.5. The Labute approximate surface area is 236 Å². The molecule has 0 saturated carbocycles. The third-order valence-electron chi connectivity index (χ3n) is 7.57. The lowest BCUT2D eigenvalue weighted by Gasteiger charge is -2.37. The minimum absolute atomic E-state index is 0.0581. The molecule has 210 valence electrons. The summed E-state index contributed by atoms with van der Waals surface area (Å²) in [5.41, 5.74) is 0.0893. The number of piperazine rings is 1. The van der Waals surface area contributed by atoms with Crippen LogP contribution in [0.1, 0.15) is 30.1 Å². The van der Waals surface area contributed by atoms with E-state index in [-0.39, 0.29) is 42.0 Å². The monoisotopic (exact) mass is 588 g/mol. The van der Waals surface area contributed by atoms with Crippen LogP contribution in [0.2, 0.25) is 5.02 Å². The first-order chi connectivity index (χ1) is 19.2. The molecule has 5 heterocycles. The smallest absolute Gasteiger partial charge is 0.258 e. The van der Waals surface area contributed by atoms with Gasteiger partial charge in [0.25, 0.3) is 5.91 Å².